The van der Waals surface area contributed by atoms with Crippen LogP contribution in [0.25, 0.3) is 0 Å². The number of carbonyl (C=O) groups excluding carboxylic acids is 1. The Balaban J connectivity index is 2.46. The Morgan fingerprint density at radius 1 is 1.38 bits per heavy atom. The zero-order valence-corrected chi connectivity index (χ0v) is 13.7. The number of hydrogen-bond acceptors (Lipinski definition) is 3. The topological polar surface area (TPSA) is 54.5 Å². The first-order valence-electron chi connectivity index (χ1n) is 6.55. The van der Waals surface area contributed by atoms with Gasteiger partial charge < -0.3 is 4.90 Å². The minimum Gasteiger partial charge on any atom is -0.338 e. The van der Waals surface area contributed by atoms with E-state index in [0.29, 0.717) is 13.1 Å². The number of benzene rings is 1. The van der Waals surface area contributed by atoms with E-state index in [0.717, 1.165) is 18.6 Å². The molecule has 7 heteroatoms. The summed E-state index contributed by atoms with van der Waals surface area (Å²) in [5.41, 5.74) is 0.242. The highest BCUT2D eigenvalue weighted by atomic mass is 35.7. The van der Waals surface area contributed by atoms with Crippen LogP contribution in [0.15, 0.2) is 17.0 Å². The third-order valence-electron chi connectivity index (χ3n) is 3.78. The van der Waals surface area contributed by atoms with Gasteiger partial charge in [-0.15, -0.1) is 0 Å². The Bertz CT molecular complexity index is 700. The summed E-state index contributed by atoms with van der Waals surface area (Å²) >= 11 is 0. The molecule has 0 atom stereocenters. The van der Waals surface area contributed by atoms with E-state index >= 15 is 0 Å². The van der Waals surface area contributed by atoms with E-state index in [-0.39, 0.29) is 27.3 Å². The van der Waals surface area contributed by atoms with Crippen LogP contribution in [0.1, 0.15) is 36.2 Å². The molecule has 0 aromatic heterocycles. The standard InChI is InChI=1S/C14H17ClFNO3S/c1-9-11(6-10(16)7-12(9)21(15,19)20)13(18)17-5-4-14(2,3)8-17/h6-7H,4-5,8H2,1-3H3. The SMILES string of the molecule is Cc1c(C(=O)N2CCC(C)(C)C2)cc(F)cc1S(=O)(=O)Cl. The molecule has 0 saturated carbocycles. The second-order valence-corrected chi connectivity index (χ2v) is 8.69. The lowest BCUT2D eigenvalue weighted by atomic mass is 9.93. The number of rotatable bonds is 2. The van der Waals surface area contributed by atoms with Gasteiger partial charge in [0.2, 0.25) is 0 Å². The zero-order valence-electron chi connectivity index (χ0n) is 12.1. The van der Waals surface area contributed by atoms with E-state index in [1.165, 1.54) is 6.92 Å². The Morgan fingerprint density at radius 2 is 2.00 bits per heavy atom. The highest BCUT2D eigenvalue weighted by Crippen LogP contribution is 2.31. The van der Waals surface area contributed by atoms with Crippen LogP contribution in [0.2, 0.25) is 0 Å². The second-order valence-electron chi connectivity index (χ2n) is 6.16. The largest absolute Gasteiger partial charge is 0.338 e. The molecule has 4 nitrogen and oxygen atoms in total. The van der Waals surface area contributed by atoms with Crippen molar-refractivity contribution in [1.29, 1.82) is 0 Å². The molecule has 1 aliphatic rings. The Kier molecular flexibility index (Phi) is 4.06. The molecule has 1 aliphatic heterocycles. The maximum Gasteiger partial charge on any atom is 0.261 e. The van der Waals surface area contributed by atoms with Crippen molar-refractivity contribution < 1.29 is 17.6 Å². The van der Waals surface area contributed by atoms with Gasteiger partial charge in [0.05, 0.1) is 4.90 Å². The van der Waals surface area contributed by atoms with Crippen molar-refractivity contribution in [3.05, 3.63) is 29.1 Å². The molecule has 1 saturated heterocycles. The molecule has 116 valence electrons. The lowest BCUT2D eigenvalue weighted by Gasteiger charge is -2.21. The van der Waals surface area contributed by atoms with Gasteiger partial charge in [-0.05, 0) is 36.5 Å². The summed E-state index contributed by atoms with van der Waals surface area (Å²) in [6, 6.07) is 1.90. The monoisotopic (exact) mass is 333 g/mol. The average Bonchev–Trinajstić information content (AvgIpc) is 2.70. The van der Waals surface area contributed by atoms with Crippen molar-refractivity contribution >= 4 is 25.6 Å². The lowest BCUT2D eigenvalue weighted by Crippen LogP contribution is -2.31. The summed E-state index contributed by atoms with van der Waals surface area (Å²) in [7, 11) is 1.20. The van der Waals surface area contributed by atoms with Crippen LogP contribution in [0, 0.1) is 18.2 Å². The second kappa shape index (κ2) is 5.25. The van der Waals surface area contributed by atoms with Gasteiger partial charge in [-0.3, -0.25) is 4.79 Å². The van der Waals surface area contributed by atoms with Crippen molar-refractivity contribution in [2.45, 2.75) is 32.1 Å². The molecule has 21 heavy (non-hydrogen) atoms. The van der Waals surface area contributed by atoms with E-state index in [1.807, 2.05) is 13.8 Å². The normalized spacial score (nSPS) is 18.0. The van der Waals surface area contributed by atoms with Crippen molar-refractivity contribution in [3.8, 4) is 0 Å². The minimum atomic E-state index is -4.10. The predicted octanol–water partition coefficient (Wildman–Crippen LogP) is 2.93. The van der Waals surface area contributed by atoms with Gasteiger partial charge in [0, 0.05) is 29.3 Å². The molecule has 0 N–H and O–H groups in total. The molecular formula is C14H17ClFNO3S. The number of nitrogens with zero attached hydrogens (tertiary/aromatic N) is 1. The number of likely N-dealkylation sites (tertiary alicyclic amines) is 1. The molecule has 0 spiro atoms. The van der Waals surface area contributed by atoms with Gasteiger partial charge in [-0.25, -0.2) is 12.8 Å². The third-order valence-corrected chi connectivity index (χ3v) is 5.23. The molecule has 1 fully saturated rings. The molecule has 1 amide bonds. The zero-order chi connectivity index (χ0) is 16.0. The van der Waals surface area contributed by atoms with Gasteiger partial charge in [0.1, 0.15) is 5.82 Å². The first-order valence-corrected chi connectivity index (χ1v) is 8.86. The fraction of sp³-hybridized carbons (Fsp3) is 0.500. The van der Waals surface area contributed by atoms with Crippen molar-refractivity contribution in [2.24, 2.45) is 5.41 Å². The average molecular weight is 334 g/mol. The van der Waals surface area contributed by atoms with E-state index in [9.17, 15) is 17.6 Å². The number of carbonyl (C=O) groups is 1. The van der Waals surface area contributed by atoms with E-state index in [1.54, 1.807) is 4.90 Å². The lowest BCUT2D eigenvalue weighted by molar-refractivity contribution is 0.0776. The molecule has 1 heterocycles. The van der Waals surface area contributed by atoms with Crippen LogP contribution in [0.4, 0.5) is 4.39 Å². The van der Waals surface area contributed by atoms with Crippen LogP contribution in [0.3, 0.4) is 0 Å². The summed E-state index contributed by atoms with van der Waals surface area (Å²) < 4.78 is 36.6. The summed E-state index contributed by atoms with van der Waals surface area (Å²) in [5, 5.41) is 0. The van der Waals surface area contributed by atoms with Crippen LogP contribution < -0.4 is 0 Å². The maximum absolute atomic E-state index is 13.6. The van der Waals surface area contributed by atoms with E-state index in [4.69, 9.17) is 10.7 Å². The van der Waals surface area contributed by atoms with Crippen LogP contribution in [-0.2, 0) is 9.05 Å². The van der Waals surface area contributed by atoms with Crippen LogP contribution in [0.5, 0.6) is 0 Å². The third kappa shape index (κ3) is 3.37. The molecule has 0 radical (unpaired) electrons. The molecule has 1 aromatic carbocycles. The Labute approximate surface area is 128 Å². The van der Waals surface area contributed by atoms with Gasteiger partial charge >= 0.3 is 0 Å². The summed E-state index contributed by atoms with van der Waals surface area (Å²) in [4.78, 5) is 13.8. The van der Waals surface area contributed by atoms with Crippen LogP contribution >= 0.6 is 10.7 Å². The molecule has 0 aliphatic carbocycles. The molecule has 2 rings (SSSR count). The maximum atomic E-state index is 13.6. The Morgan fingerprint density at radius 3 is 2.48 bits per heavy atom. The van der Waals surface area contributed by atoms with Gasteiger partial charge in [0.25, 0.3) is 15.0 Å². The summed E-state index contributed by atoms with van der Waals surface area (Å²) in [5.74, 6) is -1.15. The fourth-order valence-electron chi connectivity index (χ4n) is 2.59. The van der Waals surface area contributed by atoms with Gasteiger partial charge in [0.15, 0.2) is 0 Å². The van der Waals surface area contributed by atoms with E-state index in [2.05, 4.69) is 0 Å². The number of hydrogen-bond donors (Lipinski definition) is 0. The first-order chi connectivity index (χ1) is 9.51. The number of halogens is 2. The molecular weight excluding hydrogens is 317 g/mol. The first kappa shape index (κ1) is 16.2. The number of amides is 1. The van der Waals surface area contributed by atoms with Gasteiger partial charge in [-0.2, -0.15) is 0 Å². The fourth-order valence-corrected chi connectivity index (χ4v) is 3.80. The molecule has 1 aromatic rings. The van der Waals surface area contributed by atoms with Crippen molar-refractivity contribution in [1.82, 2.24) is 4.90 Å². The minimum absolute atomic E-state index is 0.0122. The highest BCUT2D eigenvalue weighted by Gasteiger charge is 2.33. The molecule has 0 unspecified atom stereocenters. The van der Waals surface area contributed by atoms with Gasteiger partial charge in [-0.1, -0.05) is 13.8 Å². The van der Waals surface area contributed by atoms with Crippen molar-refractivity contribution in [2.75, 3.05) is 13.1 Å². The quantitative estimate of drug-likeness (QED) is 0.782. The van der Waals surface area contributed by atoms with Crippen LogP contribution in [-0.4, -0.2) is 32.3 Å². The Hall–Kier alpha value is -1.14. The highest BCUT2D eigenvalue weighted by molar-refractivity contribution is 8.13. The smallest absolute Gasteiger partial charge is 0.261 e. The summed E-state index contributed by atoms with van der Waals surface area (Å²) in [6.45, 7) is 6.69. The summed E-state index contributed by atoms with van der Waals surface area (Å²) in [6.07, 6.45) is 0.855. The molecule has 0 bridgehead atoms. The predicted molar refractivity (Wildman–Crippen MR) is 78.5 cm³/mol. The van der Waals surface area contributed by atoms with E-state index < -0.39 is 14.9 Å². The van der Waals surface area contributed by atoms with Crippen molar-refractivity contribution in [3.63, 3.8) is 0 Å².